The first-order valence-corrected chi connectivity index (χ1v) is 13.8. The Bertz CT molecular complexity index is 1330. The monoisotopic (exact) mass is 595 g/mol. The van der Waals surface area contributed by atoms with Gasteiger partial charge in [-0.15, -0.1) is 5.10 Å². The van der Waals surface area contributed by atoms with E-state index in [0.717, 1.165) is 10.2 Å². The van der Waals surface area contributed by atoms with Crippen LogP contribution < -0.4 is 10.1 Å². The van der Waals surface area contributed by atoms with E-state index < -0.39 is 18.5 Å². The summed E-state index contributed by atoms with van der Waals surface area (Å²) < 4.78 is 39.9. The second kappa shape index (κ2) is 12.1. The molecule has 0 aliphatic carbocycles. The van der Waals surface area contributed by atoms with Gasteiger partial charge in [-0.25, -0.2) is 18.3 Å². The number of fused-ring (bicyclic) bond motifs is 1. The van der Waals surface area contributed by atoms with E-state index in [1.165, 1.54) is 19.0 Å². The molecule has 0 spiro atoms. The standard InChI is InChI=1S/C26H32ClF2N7O5/c1-30-26(39)36-10-11-40-14-19(36)25(38)35-9-7-15-16(27)5-6-20(22(15)18(35)12-34-8-3-4-21(34)37)41-13-17-23(24(28)29)33(2)32-31-17/h5-6,18-19,24H,3-4,7-14H2,1-2H3,(H,30,39)/t18?,19-/m0/s1. The van der Waals surface area contributed by atoms with Gasteiger partial charge in [0, 0.05) is 57.3 Å². The molecular weight excluding hydrogens is 564 g/mol. The Kier molecular flexibility index (Phi) is 8.59. The second-order valence-electron chi connectivity index (χ2n) is 10.2. The number of alkyl halides is 2. The number of urea groups is 1. The third kappa shape index (κ3) is 5.67. The largest absolute Gasteiger partial charge is 0.487 e. The van der Waals surface area contributed by atoms with Crippen LogP contribution in [0.25, 0.3) is 0 Å². The number of benzene rings is 1. The van der Waals surface area contributed by atoms with E-state index in [1.807, 2.05) is 0 Å². The fourth-order valence-electron chi connectivity index (χ4n) is 5.77. The summed E-state index contributed by atoms with van der Waals surface area (Å²) in [5.41, 5.74) is 0.987. The number of rotatable bonds is 7. The zero-order chi connectivity index (χ0) is 29.3. The van der Waals surface area contributed by atoms with Gasteiger partial charge < -0.3 is 29.5 Å². The second-order valence-corrected chi connectivity index (χ2v) is 10.6. The van der Waals surface area contributed by atoms with E-state index in [-0.39, 0.29) is 55.5 Å². The van der Waals surface area contributed by atoms with Crippen LogP contribution in [0.15, 0.2) is 12.1 Å². The smallest absolute Gasteiger partial charge is 0.317 e. The number of halogens is 3. The average molecular weight is 596 g/mol. The van der Waals surface area contributed by atoms with Gasteiger partial charge in [0.05, 0.1) is 19.3 Å². The molecule has 41 heavy (non-hydrogen) atoms. The van der Waals surface area contributed by atoms with Crippen molar-refractivity contribution in [3.05, 3.63) is 39.7 Å². The van der Waals surface area contributed by atoms with Crippen LogP contribution in [-0.2, 0) is 34.4 Å². The molecule has 2 fully saturated rings. The lowest BCUT2D eigenvalue weighted by Crippen LogP contribution is -2.60. The normalized spacial score (nSPS) is 20.9. The van der Waals surface area contributed by atoms with Gasteiger partial charge in [0.15, 0.2) is 0 Å². The van der Waals surface area contributed by atoms with E-state index in [2.05, 4.69) is 15.6 Å². The highest BCUT2D eigenvalue weighted by molar-refractivity contribution is 6.31. The van der Waals surface area contributed by atoms with Crippen LogP contribution in [0.3, 0.4) is 0 Å². The molecule has 1 aromatic heterocycles. The van der Waals surface area contributed by atoms with Crippen molar-refractivity contribution in [3.8, 4) is 5.75 Å². The van der Waals surface area contributed by atoms with Crippen LogP contribution in [-0.4, -0.2) is 100 Å². The first kappa shape index (κ1) is 29.0. The molecule has 0 bridgehead atoms. The first-order valence-electron chi connectivity index (χ1n) is 13.5. The van der Waals surface area contributed by atoms with Crippen LogP contribution in [0, 0.1) is 0 Å². The molecule has 4 heterocycles. The van der Waals surface area contributed by atoms with Gasteiger partial charge in [0.2, 0.25) is 11.8 Å². The van der Waals surface area contributed by atoms with E-state index in [1.54, 1.807) is 21.9 Å². The highest BCUT2D eigenvalue weighted by Crippen LogP contribution is 2.42. The van der Waals surface area contributed by atoms with Crippen LogP contribution >= 0.6 is 11.6 Å². The molecule has 2 aromatic rings. The number of carbonyl (C=O) groups excluding carboxylic acids is 3. The molecule has 0 radical (unpaired) electrons. The number of aryl methyl sites for hydroxylation is 1. The minimum atomic E-state index is -2.80. The van der Waals surface area contributed by atoms with Gasteiger partial charge in [-0.2, -0.15) is 0 Å². The van der Waals surface area contributed by atoms with Crippen LogP contribution in [0.5, 0.6) is 5.75 Å². The molecule has 1 unspecified atom stereocenters. The summed E-state index contributed by atoms with van der Waals surface area (Å²) in [5.74, 6) is -0.00829. The number of likely N-dealkylation sites (tertiary alicyclic amines) is 1. The zero-order valence-corrected chi connectivity index (χ0v) is 23.6. The minimum absolute atomic E-state index is 0.0122. The van der Waals surface area contributed by atoms with E-state index >= 15 is 0 Å². The molecule has 4 amide bonds. The number of carbonyl (C=O) groups is 3. The third-order valence-electron chi connectivity index (χ3n) is 7.82. The van der Waals surface area contributed by atoms with Crippen molar-refractivity contribution in [2.24, 2.45) is 7.05 Å². The Morgan fingerprint density at radius 2 is 2.02 bits per heavy atom. The SMILES string of the molecule is CNC(=O)N1CCOC[C@H]1C(=O)N1CCc2c(Cl)ccc(OCc3nnn(C)c3C(F)F)c2C1CN1CCCC1=O. The quantitative estimate of drug-likeness (QED) is 0.520. The number of hydrogen-bond donors (Lipinski definition) is 1. The number of aromatic nitrogens is 3. The molecular formula is C26H32ClF2N7O5. The molecule has 1 N–H and O–H groups in total. The number of ether oxygens (including phenoxy) is 2. The van der Waals surface area contributed by atoms with Crippen LogP contribution in [0.2, 0.25) is 5.02 Å². The van der Waals surface area contributed by atoms with Crippen molar-refractivity contribution in [3.63, 3.8) is 0 Å². The molecule has 1 aromatic carbocycles. The van der Waals surface area contributed by atoms with E-state index in [0.29, 0.717) is 55.3 Å². The summed E-state index contributed by atoms with van der Waals surface area (Å²) in [6.07, 6.45) is -1.29. The minimum Gasteiger partial charge on any atom is -0.487 e. The van der Waals surface area contributed by atoms with E-state index in [4.69, 9.17) is 21.1 Å². The molecule has 2 saturated heterocycles. The van der Waals surface area contributed by atoms with Crippen molar-refractivity contribution < 1.29 is 32.6 Å². The Morgan fingerprint density at radius 1 is 1.22 bits per heavy atom. The number of nitrogens with one attached hydrogen (secondary N) is 1. The molecule has 3 aliphatic heterocycles. The predicted octanol–water partition coefficient (Wildman–Crippen LogP) is 2.07. The van der Waals surface area contributed by atoms with Gasteiger partial charge in [-0.3, -0.25) is 9.59 Å². The van der Waals surface area contributed by atoms with Gasteiger partial charge in [0.1, 0.15) is 29.8 Å². The summed E-state index contributed by atoms with van der Waals surface area (Å²) in [6.45, 7) is 1.33. The Balaban J connectivity index is 1.51. The molecule has 2 atom stereocenters. The van der Waals surface area contributed by atoms with Gasteiger partial charge in [-0.1, -0.05) is 16.8 Å². The summed E-state index contributed by atoms with van der Waals surface area (Å²) in [4.78, 5) is 44.2. The van der Waals surface area contributed by atoms with Crippen molar-refractivity contribution in [1.82, 2.24) is 35.0 Å². The maximum absolute atomic E-state index is 14.1. The predicted molar refractivity (Wildman–Crippen MR) is 141 cm³/mol. The van der Waals surface area contributed by atoms with Crippen LogP contribution in [0.1, 0.15) is 47.8 Å². The Hall–Kier alpha value is -3.52. The Morgan fingerprint density at radius 3 is 2.73 bits per heavy atom. The van der Waals surface area contributed by atoms with Crippen molar-refractivity contribution >= 4 is 29.4 Å². The lowest BCUT2D eigenvalue weighted by Gasteiger charge is -2.44. The maximum atomic E-state index is 14.1. The number of nitrogens with zero attached hydrogens (tertiary/aromatic N) is 6. The summed E-state index contributed by atoms with van der Waals surface area (Å²) in [5, 5.41) is 10.6. The number of hydrogen-bond acceptors (Lipinski definition) is 7. The fraction of sp³-hybridized carbons (Fsp3) is 0.577. The molecule has 5 rings (SSSR count). The van der Waals surface area contributed by atoms with E-state index in [9.17, 15) is 23.2 Å². The van der Waals surface area contributed by atoms with Gasteiger partial charge >= 0.3 is 6.03 Å². The molecule has 12 nitrogen and oxygen atoms in total. The van der Waals surface area contributed by atoms with Crippen LogP contribution in [0.4, 0.5) is 13.6 Å². The van der Waals surface area contributed by atoms with Gasteiger partial charge in [0.25, 0.3) is 6.43 Å². The fourth-order valence-corrected chi connectivity index (χ4v) is 6.03. The highest BCUT2D eigenvalue weighted by Gasteiger charge is 2.42. The molecule has 15 heteroatoms. The summed E-state index contributed by atoms with van der Waals surface area (Å²) in [6, 6.07) is 1.39. The number of morpholine rings is 1. The number of amides is 4. The lowest BCUT2D eigenvalue weighted by molar-refractivity contribution is -0.145. The Labute approximate surface area is 240 Å². The third-order valence-corrected chi connectivity index (χ3v) is 8.18. The van der Waals surface area contributed by atoms with Crippen molar-refractivity contribution in [2.75, 3.05) is 46.4 Å². The maximum Gasteiger partial charge on any atom is 0.317 e. The average Bonchev–Trinajstić information content (AvgIpc) is 3.56. The highest BCUT2D eigenvalue weighted by atomic mass is 35.5. The zero-order valence-electron chi connectivity index (χ0n) is 22.8. The molecule has 3 aliphatic rings. The summed E-state index contributed by atoms with van der Waals surface area (Å²) >= 11 is 6.63. The molecule has 0 saturated carbocycles. The van der Waals surface area contributed by atoms with Crippen molar-refractivity contribution in [2.45, 2.75) is 44.4 Å². The summed E-state index contributed by atoms with van der Waals surface area (Å²) in [7, 11) is 2.88. The molecule has 222 valence electrons. The van der Waals surface area contributed by atoms with Gasteiger partial charge in [-0.05, 0) is 30.5 Å². The first-order chi connectivity index (χ1) is 19.7. The lowest BCUT2D eigenvalue weighted by atomic mass is 9.90. The van der Waals surface area contributed by atoms with Crippen molar-refractivity contribution in [1.29, 1.82) is 0 Å². The topological polar surface area (TPSA) is 122 Å².